The van der Waals surface area contributed by atoms with E-state index in [0.717, 1.165) is 12.0 Å². The molecular formula is C16H24N2O4. The Hall–Kier alpha value is -1.50. The van der Waals surface area contributed by atoms with E-state index < -0.39 is 4.92 Å². The molecule has 2 rings (SSSR count). The van der Waals surface area contributed by atoms with Crippen LogP contribution in [-0.4, -0.2) is 29.8 Å². The van der Waals surface area contributed by atoms with Crippen LogP contribution in [0.25, 0.3) is 0 Å². The van der Waals surface area contributed by atoms with Crippen molar-refractivity contribution in [3.05, 3.63) is 39.9 Å². The van der Waals surface area contributed by atoms with Crippen molar-refractivity contribution in [1.82, 2.24) is 0 Å². The Morgan fingerprint density at radius 2 is 2.00 bits per heavy atom. The minimum Gasteiger partial charge on any atom is -0.374 e. The van der Waals surface area contributed by atoms with Crippen LogP contribution in [-0.2, 0) is 16.1 Å². The lowest BCUT2D eigenvalue weighted by atomic mass is 9.87. The Kier molecular flexibility index (Phi) is 5.16. The van der Waals surface area contributed by atoms with E-state index >= 15 is 0 Å². The summed E-state index contributed by atoms with van der Waals surface area (Å²) in [5.41, 5.74) is 7.17. The maximum atomic E-state index is 10.6. The Morgan fingerprint density at radius 3 is 2.50 bits per heavy atom. The number of non-ortho nitro benzene ring substituents is 1. The molecule has 0 aliphatic carbocycles. The predicted molar refractivity (Wildman–Crippen MR) is 83.5 cm³/mol. The fourth-order valence-corrected chi connectivity index (χ4v) is 2.49. The van der Waals surface area contributed by atoms with Crippen LogP contribution >= 0.6 is 0 Å². The molecule has 1 aliphatic heterocycles. The summed E-state index contributed by atoms with van der Waals surface area (Å²) in [6, 6.07) is 6.34. The average molecular weight is 308 g/mol. The molecule has 1 fully saturated rings. The average Bonchev–Trinajstić information content (AvgIpc) is 2.81. The number of nitrogens with two attached hydrogens (primary N) is 1. The number of benzene rings is 1. The van der Waals surface area contributed by atoms with E-state index in [4.69, 9.17) is 15.2 Å². The molecule has 0 bridgehead atoms. The first kappa shape index (κ1) is 16.9. The summed E-state index contributed by atoms with van der Waals surface area (Å²) in [6.45, 7) is 7.26. The zero-order valence-corrected chi connectivity index (χ0v) is 13.3. The molecule has 2 N–H and O–H groups in total. The Bertz CT molecular complexity index is 510. The van der Waals surface area contributed by atoms with Gasteiger partial charge in [-0.05, 0) is 29.5 Å². The maximum Gasteiger partial charge on any atom is 0.269 e. The fraction of sp³-hybridized carbons (Fsp3) is 0.625. The molecule has 122 valence electrons. The SMILES string of the molecule is CC(C)(C)C1C[C@@H](N)[C@@H](COCc2ccc([N+](=O)[O-])cc2)O1. The molecule has 1 aromatic carbocycles. The van der Waals surface area contributed by atoms with Crippen molar-refractivity contribution < 1.29 is 14.4 Å². The van der Waals surface area contributed by atoms with Gasteiger partial charge in [-0.25, -0.2) is 0 Å². The van der Waals surface area contributed by atoms with Crippen molar-refractivity contribution >= 4 is 5.69 Å². The van der Waals surface area contributed by atoms with Crippen LogP contribution in [0.4, 0.5) is 5.69 Å². The van der Waals surface area contributed by atoms with E-state index in [0.29, 0.717) is 13.2 Å². The van der Waals surface area contributed by atoms with Crippen molar-refractivity contribution in [2.75, 3.05) is 6.61 Å². The second kappa shape index (κ2) is 6.73. The highest BCUT2D eigenvalue weighted by atomic mass is 16.6. The molecule has 6 heteroatoms. The van der Waals surface area contributed by atoms with E-state index in [-0.39, 0.29) is 29.4 Å². The molecule has 6 nitrogen and oxygen atoms in total. The van der Waals surface area contributed by atoms with Crippen LogP contribution in [0.2, 0.25) is 0 Å². The third kappa shape index (κ3) is 4.25. The van der Waals surface area contributed by atoms with Crippen LogP contribution in [0.3, 0.4) is 0 Å². The minimum absolute atomic E-state index is 0.0129. The molecule has 1 saturated heterocycles. The zero-order chi connectivity index (χ0) is 16.3. The van der Waals surface area contributed by atoms with Gasteiger partial charge in [0.05, 0.1) is 30.3 Å². The molecule has 0 amide bonds. The summed E-state index contributed by atoms with van der Waals surface area (Å²) in [5.74, 6) is 0. The second-order valence-electron chi connectivity index (χ2n) is 6.87. The summed E-state index contributed by atoms with van der Waals surface area (Å²) in [4.78, 5) is 10.2. The van der Waals surface area contributed by atoms with E-state index in [1.165, 1.54) is 12.1 Å². The number of nitro benzene ring substituents is 1. The molecule has 22 heavy (non-hydrogen) atoms. The number of rotatable bonds is 5. The van der Waals surface area contributed by atoms with Gasteiger partial charge in [-0.3, -0.25) is 10.1 Å². The number of nitro groups is 1. The maximum absolute atomic E-state index is 10.6. The molecule has 1 aliphatic rings. The summed E-state index contributed by atoms with van der Waals surface area (Å²) < 4.78 is 11.6. The van der Waals surface area contributed by atoms with Crippen LogP contribution in [0, 0.1) is 15.5 Å². The van der Waals surface area contributed by atoms with Gasteiger partial charge in [-0.15, -0.1) is 0 Å². The lowest BCUT2D eigenvalue weighted by molar-refractivity contribution is -0.384. The third-order valence-electron chi connectivity index (χ3n) is 3.97. The highest BCUT2D eigenvalue weighted by molar-refractivity contribution is 5.32. The molecule has 3 atom stereocenters. The minimum atomic E-state index is -0.414. The largest absolute Gasteiger partial charge is 0.374 e. The lowest BCUT2D eigenvalue weighted by Gasteiger charge is -2.26. The van der Waals surface area contributed by atoms with Crippen LogP contribution in [0.15, 0.2) is 24.3 Å². The standard InChI is InChI=1S/C16H24N2O4/c1-16(2,3)15-8-13(17)14(22-15)10-21-9-11-4-6-12(7-5-11)18(19)20/h4-7,13-15H,8-10,17H2,1-3H3/t13-,14-,15?/m1/s1. The predicted octanol–water partition coefficient (Wildman–Crippen LogP) is 2.64. The fourth-order valence-electron chi connectivity index (χ4n) is 2.49. The summed E-state index contributed by atoms with van der Waals surface area (Å²) in [6.07, 6.45) is 0.896. The first-order chi connectivity index (χ1) is 10.3. The molecule has 1 unspecified atom stereocenters. The van der Waals surface area contributed by atoms with Gasteiger partial charge in [-0.2, -0.15) is 0 Å². The van der Waals surface area contributed by atoms with E-state index in [2.05, 4.69) is 20.8 Å². The van der Waals surface area contributed by atoms with Gasteiger partial charge < -0.3 is 15.2 Å². The lowest BCUT2D eigenvalue weighted by Crippen LogP contribution is -2.33. The van der Waals surface area contributed by atoms with E-state index in [9.17, 15) is 10.1 Å². The third-order valence-corrected chi connectivity index (χ3v) is 3.97. The Labute approximate surface area is 130 Å². The van der Waals surface area contributed by atoms with Crippen molar-refractivity contribution in [1.29, 1.82) is 0 Å². The van der Waals surface area contributed by atoms with Crippen LogP contribution in [0.1, 0.15) is 32.8 Å². The highest BCUT2D eigenvalue weighted by Crippen LogP contribution is 2.32. The highest BCUT2D eigenvalue weighted by Gasteiger charge is 2.38. The molecule has 1 heterocycles. The number of ether oxygens (including phenoxy) is 2. The van der Waals surface area contributed by atoms with Crippen molar-refractivity contribution in [3.8, 4) is 0 Å². The van der Waals surface area contributed by atoms with Crippen molar-refractivity contribution in [2.45, 2.75) is 52.0 Å². The van der Waals surface area contributed by atoms with Crippen molar-refractivity contribution in [2.24, 2.45) is 11.1 Å². The summed E-state index contributed by atoms with van der Waals surface area (Å²) in [7, 11) is 0. The van der Waals surface area contributed by atoms with Gasteiger partial charge in [0, 0.05) is 18.2 Å². The van der Waals surface area contributed by atoms with Gasteiger partial charge in [0.2, 0.25) is 0 Å². The van der Waals surface area contributed by atoms with Crippen LogP contribution in [0.5, 0.6) is 0 Å². The van der Waals surface area contributed by atoms with Gasteiger partial charge in [-0.1, -0.05) is 20.8 Å². The van der Waals surface area contributed by atoms with Crippen LogP contribution < -0.4 is 5.73 Å². The van der Waals surface area contributed by atoms with Gasteiger partial charge in [0.15, 0.2) is 0 Å². The normalized spacial score (nSPS) is 25.4. The van der Waals surface area contributed by atoms with Gasteiger partial charge in [0.1, 0.15) is 0 Å². The summed E-state index contributed by atoms with van der Waals surface area (Å²) in [5, 5.41) is 10.6. The molecule has 1 aromatic rings. The quantitative estimate of drug-likeness (QED) is 0.667. The topological polar surface area (TPSA) is 87.6 Å². The van der Waals surface area contributed by atoms with E-state index in [1.807, 2.05) is 0 Å². The number of nitrogens with zero attached hydrogens (tertiary/aromatic N) is 1. The first-order valence-corrected chi connectivity index (χ1v) is 7.49. The zero-order valence-electron chi connectivity index (χ0n) is 13.3. The molecule has 0 saturated carbocycles. The first-order valence-electron chi connectivity index (χ1n) is 7.49. The molecular weight excluding hydrogens is 284 g/mol. The summed E-state index contributed by atoms with van der Waals surface area (Å²) >= 11 is 0. The number of hydrogen-bond acceptors (Lipinski definition) is 5. The monoisotopic (exact) mass is 308 g/mol. The Balaban J connectivity index is 1.80. The Morgan fingerprint density at radius 1 is 1.36 bits per heavy atom. The second-order valence-corrected chi connectivity index (χ2v) is 6.87. The van der Waals surface area contributed by atoms with Crippen molar-refractivity contribution in [3.63, 3.8) is 0 Å². The molecule has 0 spiro atoms. The van der Waals surface area contributed by atoms with Gasteiger partial charge >= 0.3 is 0 Å². The molecule has 0 aromatic heterocycles. The van der Waals surface area contributed by atoms with Gasteiger partial charge in [0.25, 0.3) is 5.69 Å². The number of hydrogen-bond donors (Lipinski definition) is 1. The molecule has 0 radical (unpaired) electrons. The smallest absolute Gasteiger partial charge is 0.269 e. The van der Waals surface area contributed by atoms with E-state index in [1.54, 1.807) is 12.1 Å².